The summed E-state index contributed by atoms with van der Waals surface area (Å²) in [6.45, 7) is 0.368. The van der Waals surface area contributed by atoms with Crippen LogP contribution in [-0.4, -0.2) is 4.57 Å². The third-order valence-corrected chi connectivity index (χ3v) is 9.60. The van der Waals surface area contributed by atoms with Gasteiger partial charge in [0.25, 0.3) is 5.56 Å². The smallest absolute Gasteiger partial charge is 0.271 e. The molecule has 1 atom stereocenters. The predicted octanol–water partition coefficient (Wildman–Crippen LogP) is 7.86. The Morgan fingerprint density at radius 3 is 2.48 bits per heavy atom. The van der Waals surface area contributed by atoms with Gasteiger partial charge < -0.3 is 4.74 Å². The lowest BCUT2D eigenvalue weighted by Gasteiger charge is -2.30. The summed E-state index contributed by atoms with van der Waals surface area (Å²) in [4.78, 5) is 19.7. The first-order chi connectivity index (χ1) is 20.4. The van der Waals surface area contributed by atoms with Crippen LogP contribution in [0.4, 0.5) is 0 Å². The highest BCUT2D eigenvalue weighted by molar-refractivity contribution is 7.07. The van der Waals surface area contributed by atoms with Crippen molar-refractivity contribution in [2.45, 2.75) is 25.5 Å². The van der Waals surface area contributed by atoms with E-state index in [2.05, 4.69) is 24.3 Å². The van der Waals surface area contributed by atoms with Gasteiger partial charge in [0.1, 0.15) is 12.4 Å². The molecule has 0 unspecified atom stereocenters. The summed E-state index contributed by atoms with van der Waals surface area (Å²) in [6.07, 6.45) is 3.68. The fraction of sp³-hybridized carbons (Fsp3) is 0.118. The molecule has 7 rings (SSSR count). The van der Waals surface area contributed by atoms with Crippen molar-refractivity contribution in [1.29, 1.82) is 0 Å². The molecule has 0 saturated heterocycles. The Morgan fingerprint density at radius 1 is 0.905 bits per heavy atom. The van der Waals surface area contributed by atoms with E-state index in [0.717, 1.165) is 40.8 Å². The van der Waals surface area contributed by atoms with Crippen molar-refractivity contribution in [3.05, 3.63) is 159 Å². The quantitative estimate of drug-likeness (QED) is 0.199. The molecule has 208 valence electrons. The largest absolute Gasteiger partial charge is 0.489 e. The van der Waals surface area contributed by atoms with E-state index in [4.69, 9.17) is 44.5 Å². The number of allylic oxidation sites excluding steroid dienone is 1. The molecule has 4 aromatic carbocycles. The van der Waals surface area contributed by atoms with Gasteiger partial charge in [-0.2, -0.15) is 0 Å². The van der Waals surface area contributed by atoms with E-state index in [0.29, 0.717) is 36.8 Å². The molecule has 1 aliphatic heterocycles. The van der Waals surface area contributed by atoms with Crippen LogP contribution in [0.2, 0.25) is 15.1 Å². The second-order valence-electron chi connectivity index (χ2n) is 10.3. The lowest BCUT2D eigenvalue weighted by Crippen LogP contribution is -2.38. The zero-order valence-corrected chi connectivity index (χ0v) is 25.3. The van der Waals surface area contributed by atoms with E-state index in [-0.39, 0.29) is 11.6 Å². The van der Waals surface area contributed by atoms with Crippen LogP contribution in [0, 0.1) is 0 Å². The number of ether oxygens (including phenoxy) is 1. The van der Waals surface area contributed by atoms with Crippen molar-refractivity contribution in [2.75, 3.05) is 0 Å². The number of hydrogen-bond acceptors (Lipinski definition) is 4. The number of aryl methyl sites for hydroxylation is 1. The summed E-state index contributed by atoms with van der Waals surface area (Å²) < 4.78 is 8.41. The van der Waals surface area contributed by atoms with Crippen LogP contribution in [0.15, 0.2) is 106 Å². The number of halogens is 3. The third-order valence-electron chi connectivity index (χ3n) is 7.63. The average Bonchev–Trinajstić information content (AvgIpc) is 3.32. The Hall–Kier alpha value is -3.61. The van der Waals surface area contributed by atoms with E-state index in [1.54, 1.807) is 12.1 Å². The monoisotopic (exact) mass is 628 g/mol. The average molecular weight is 630 g/mol. The zero-order chi connectivity index (χ0) is 28.8. The molecule has 4 nitrogen and oxygen atoms in total. The van der Waals surface area contributed by atoms with Gasteiger partial charge in [0.05, 0.1) is 26.3 Å². The Balaban J connectivity index is 1.25. The molecule has 1 aromatic heterocycles. The van der Waals surface area contributed by atoms with Crippen molar-refractivity contribution in [3.63, 3.8) is 0 Å². The van der Waals surface area contributed by atoms with Crippen LogP contribution >= 0.6 is 46.1 Å². The lowest BCUT2D eigenvalue weighted by molar-refractivity contribution is 0.306. The molecule has 2 heterocycles. The van der Waals surface area contributed by atoms with Crippen LogP contribution in [0.5, 0.6) is 5.75 Å². The van der Waals surface area contributed by atoms with E-state index in [9.17, 15) is 4.79 Å². The van der Waals surface area contributed by atoms with E-state index < -0.39 is 0 Å². The van der Waals surface area contributed by atoms with Gasteiger partial charge in [-0.25, -0.2) is 4.99 Å². The third kappa shape index (κ3) is 5.12. The highest BCUT2D eigenvalue weighted by Crippen LogP contribution is 2.41. The maximum Gasteiger partial charge on any atom is 0.271 e. The zero-order valence-electron chi connectivity index (χ0n) is 22.2. The van der Waals surface area contributed by atoms with Gasteiger partial charge in [-0.15, -0.1) is 0 Å². The summed E-state index contributed by atoms with van der Waals surface area (Å²) in [5.41, 5.74) is 7.38. The fourth-order valence-corrected chi connectivity index (χ4v) is 7.02. The highest BCUT2D eigenvalue weighted by Gasteiger charge is 2.32. The number of benzene rings is 4. The van der Waals surface area contributed by atoms with Gasteiger partial charge in [0.2, 0.25) is 0 Å². The van der Waals surface area contributed by atoms with Crippen LogP contribution in [0.1, 0.15) is 40.3 Å². The number of thiazole rings is 1. The molecule has 2 aliphatic rings. The molecule has 0 bridgehead atoms. The van der Waals surface area contributed by atoms with Gasteiger partial charge in [-0.1, -0.05) is 101 Å². The molecule has 0 spiro atoms. The fourth-order valence-electron chi connectivity index (χ4n) is 5.58. The second-order valence-corrected chi connectivity index (χ2v) is 12.5. The number of fused-ring (bicyclic) bond motifs is 3. The maximum absolute atomic E-state index is 14.0. The Morgan fingerprint density at radius 2 is 1.69 bits per heavy atom. The van der Waals surface area contributed by atoms with Crippen molar-refractivity contribution < 1.29 is 4.74 Å². The topological polar surface area (TPSA) is 43.6 Å². The predicted molar refractivity (Wildman–Crippen MR) is 171 cm³/mol. The van der Waals surface area contributed by atoms with Crippen molar-refractivity contribution in [1.82, 2.24) is 4.57 Å². The first-order valence-corrected chi connectivity index (χ1v) is 15.4. The van der Waals surface area contributed by atoms with E-state index >= 15 is 0 Å². The molecule has 0 amide bonds. The number of aromatic nitrogens is 1. The standard InChI is InChI=1S/C34H23Cl3N2O2S/c35-24-11-8-23(9-12-24)32-27-15-10-22-3-1-2-4-26(22)31(27)38-34-39(32)33(40)30(42-34)18-20-5-13-25(14-6-20)41-19-21-7-16-28(36)29(37)17-21/h1-9,11-14,16-18,32H,10,15,19H2/b30-18-/t32-/m1/s1. The molecule has 5 aromatic rings. The molecular weight excluding hydrogens is 607 g/mol. The number of hydrogen-bond donors (Lipinski definition) is 0. The number of nitrogens with zero attached hydrogens (tertiary/aromatic N) is 2. The molecule has 0 radical (unpaired) electrons. The molecule has 0 N–H and O–H groups in total. The molecular formula is C34H23Cl3N2O2S. The van der Waals surface area contributed by atoms with Crippen molar-refractivity contribution >= 4 is 57.9 Å². The minimum atomic E-state index is -0.235. The lowest BCUT2D eigenvalue weighted by atomic mass is 9.83. The number of rotatable bonds is 5. The van der Waals surface area contributed by atoms with Gasteiger partial charge in [0, 0.05) is 10.6 Å². The van der Waals surface area contributed by atoms with E-state index in [1.165, 1.54) is 22.5 Å². The second kappa shape index (κ2) is 11.2. The van der Waals surface area contributed by atoms with Crippen LogP contribution in [0.3, 0.4) is 0 Å². The summed E-state index contributed by atoms with van der Waals surface area (Å²) >= 11 is 19.8. The van der Waals surface area contributed by atoms with Crippen molar-refractivity contribution in [2.24, 2.45) is 4.99 Å². The Kier molecular flexibility index (Phi) is 7.28. The van der Waals surface area contributed by atoms with Crippen LogP contribution < -0.4 is 19.6 Å². The first kappa shape index (κ1) is 27.2. The summed E-state index contributed by atoms with van der Waals surface area (Å²) in [7, 11) is 0. The minimum absolute atomic E-state index is 0.0518. The van der Waals surface area contributed by atoms with Gasteiger partial charge in [0.15, 0.2) is 4.80 Å². The molecule has 1 aliphatic carbocycles. The molecule has 42 heavy (non-hydrogen) atoms. The summed E-state index contributed by atoms with van der Waals surface area (Å²) in [5.74, 6) is 0.716. The Bertz CT molecular complexity index is 2040. The molecule has 0 saturated carbocycles. The highest BCUT2D eigenvalue weighted by atomic mass is 35.5. The maximum atomic E-state index is 14.0. The van der Waals surface area contributed by atoms with Gasteiger partial charge in [-0.05, 0) is 83.1 Å². The normalized spacial score (nSPS) is 16.0. The van der Waals surface area contributed by atoms with Crippen LogP contribution in [-0.2, 0) is 13.0 Å². The summed E-state index contributed by atoms with van der Waals surface area (Å²) in [5, 5.41) is 1.68. The summed E-state index contributed by atoms with van der Waals surface area (Å²) in [6, 6.07) is 29.1. The minimum Gasteiger partial charge on any atom is -0.489 e. The first-order valence-electron chi connectivity index (χ1n) is 13.5. The van der Waals surface area contributed by atoms with E-state index in [1.807, 2.05) is 65.2 Å². The van der Waals surface area contributed by atoms with Gasteiger partial charge >= 0.3 is 0 Å². The molecule has 8 heteroatoms. The van der Waals surface area contributed by atoms with Gasteiger partial charge in [-0.3, -0.25) is 9.36 Å². The SMILES string of the molecule is O=c1/c(=C/c2ccc(OCc3ccc(Cl)c(Cl)c3)cc2)sc2n1[C@H](c1ccc(Cl)cc1)C1=C(N=2)c2ccccc2CC1. The van der Waals surface area contributed by atoms with Crippen LogP contribution in [0.25, 0.3) is 11.8 Å². The molecule has 0 fully saturated rings. The van der Waals surface area contributed by atoms with Crippen molar-refractivity contribution in [3.8, 4) is 5.75 Å². The Labute approximate surface area is 261 Å².